The fourth-order valence-corrected chi connectivity index (χ4v) is 3.07. The second-order valence-corrected chi connectivity index (χ2v) is 5.67. The minimum atomic E-state index is 0.165. The fraction of sp³-hybridized carbons (Fsp3) is 0.769. The highest BCUT2D eigenvalue weighted by molar-refractivity contribution is 5.57. The van der Waals surface area contributed by atoms with E-state index in [1.54, 1.807) is 0 Å². The summed E-state index contributed by atoms with van der Waals surface area (Å²) in [5.74, 6) is 0.912. The number of allylic oxidation sites excluding steroid dienone is 2. The van der Waals surface area contributed by atoms with Gasteiger partial charge in [-0.3, -0.25) is 0 Å². The second-order valence-electron chi connectivity index (χ2n) is 5.67. The number of hydrogen-bond donors (Lipinski definition) is 0. The van der Waals surface area contributed by atoms with Crippen molar-refractivity contribution in [3.05, 3.63) is 12.2 Å². The van der Waals surface area contributed by atoms with Crippen LogP contribution in [-0.4, -0.2) is 6.29 Å². The minimum Gasteiger partial charge on any atom is -0.303 e. The lowest BCUT2D eigenvalue weighted by Gasteiger charge is -2.52. The van der Waals surface area contributed by atoms with Crippen LogP contribution in [0.1, 0.15) is 40.0 Å². The van der Waals surface area contributed by atoms with E-state index in [-0.39, 0.29) is 11.3 Å². The van der Waals surface area contributed by atoms with Crippen LogP contribution in [0.5, 0.6) is 0 Å². The fourth-order valence-electron chi connectivity index (χ4n) is 3.07. The lowest BCUT2D eigenvalue weighted by Crippen LogP contribution is -2.45. The van der Waals surface area contributed by atoms with E-state index in [1.807, 2.05) is 0 Å². The Morgan fingerprint density at radius 1 is 1.36 bits per heavy atom. The highest BCUT2D eigenvalue weighted by Gasteiger charge is 2.49. The topological polar surface area (TPSA) is 17.1 Å². The molecule has 78 valence electrons. The summed E-state index contributed by atoms with van der Waals surface area (Å²) in [6, 6.07) is 0. The third-order valence-electron chi connectivity index (χ3n) is 4.69. The summed E-state index contributed by atoms with van der Waals surface area (Å²) in [7, 11) is 0. The highest BCUT2D eigenvalue weighted by Crippen LogP contribution is 2.57. The quantitative estimate of drug-likeness (QED) is 0.485. The Hall–Kier alpha value is -0.590. The van der Waals surface area contributed by atoms with Crippen LogP contribution in [0.4, 0.5) is 0 Å². The predicted molar refractivity (Wildman–Crippen MR) is 57.9 cm³/mol. The molecule has 0 radical (unpaired) electrons. The first-order chi connectivity index (χ1) is 6.52. The molecule has 3 aliphatic rings. The number of hydrogen-bond acceptors (Lipinski definition) is 1. The molecule has 1 saturated carbocycles. The van der Waals surface area contributed by atoms with E-state index < -0.39 is 0 Å². The van der Waals surface area contributed by atoms with Crippen LogP contribution in [0.3, 0.4) is 0 Å². The van der Waals surface area contributed by atoms with E-state index in [2.05, 4.69) is 32.9 Å². The predicted octanol–water partition coefficient (Wildman–Crippen LogP) is 3.20. The molecule has 0 unspecified atom stereocenters. The molecule has 0 spiro atoms. The molecule has 2 bridgehead atoms. The average molecular weight is 192 g/mol. The first-order valence-corrected chi connectivity index (χ1v) is 5.68. The molecular weight excluding hydrogens is 172 g/mol. The Labute approximate surface area is 86.6 Å². The van der Waals surface area contributed by atoms with Crippen molar-refractivity contribution < 1.29 is 4.79 Å². The molecule has 0 aliphatic heterocycles. The van der Waals surface area contributed by atoms with Crippen LogP contribution in [-0.2, 0) is 4.79 Å². The van der Waals surface area contributed by atoms with E-state index in [0.29, 0.717) is 11.3 Å². The SMILES string of the molecule is CC(C)[C@@]12C=C[C@@](C)(CC1)[C@@H](C=O)C2. The van der Waals surface area contributed by atoms with Gasteiger partial charge in [0, 0.05) is 5.92 Å². The number of carbonyl (C=O) groups is 1. The molecule has 3 aliphatic carbocycles. The zero-order valence-corrected chi connectivity index (χ0v) is 9.42. The lowest BCUT2D eigenvalue weighted by atomic mass is 9.51. The third-order valence-corrected chi connectivity index (χ3v) is 4.69. The average Bonchev–Trinajstić information content (AvgIpc) is 2.18. The summed E-state index contributed by atoms with van der Waals surface area (Å²) in [5.41, 5.74) is 0.488. The van der Waals surface area contributed by atoms with Gasteiger partial charge in [0.05, 0.1) is 0 Å². The van der Waals surface area contributed by atoms with Gasteiger partial charge in [0.25, 0.3) is 0 Å². The van der Waals surface area contributed by atoms with Crippen LogP contribution >= 0.6 is 0 Å². The molecule has 1 fully saturated rings. The molecular formula is C13H20O. The number of fused-ring (bicyclic) bond motifs is 2. The second kappa shape index (κ2) is 2.95. The standard InChI is InChI=1S/C13H20O/c1-10(2)13-6-4-12(3,5-7-13)11(8-13)9-14/h4,6,9-11H,5,7-8H2,1-3H3/t11-,12+,13+/m1/s1. The van der Waals surface area contributed by atoms with Crippen molar-refractivity contribution in [2.75, 3.05) is 0 Å². The molecule has 0 N–H and O–H groups in total. The lowest BCUT2D eigenvalue weighted by molar-refractivity contribution is -0.118. The molecule has 0 heterocycles. The van der Waals surface area contributed by atoms with Gasteiger partial charge >= 0.3 is 0 Å². The van der Waals surface area contributed by atoms with Crippen molar-refractivity contribution in [1.82, 2.24) is 0 Å². The van der Waals surface area contributed by atoms with Gasteiger partial charge < -0.3 is 4.79 Å². The maximum atomic E-state index is 11.1. The summed E-state index contributed by atoms with van der Waals surface area (Å²) in [6.45, 7) is 6.78. The summed E-state index contributed by atoms with van der Waals surface area (Å²) in [4.78, 5) is 11.1. The van der Waals surface area contributed by atoms with Gasteiger partial charge in [0.2, 0.25) is 0 Å². The van der Waals surface area contributed by atoms with Gasteiger partial charge in [-0.1, -0.05) is 32.9 Å². The molecule has 14 heavy (non-hydrogen) atoms. The van der Waals surface area contributed by atoms with Crippen LogP contribution < -0.4 is 0 Å². The van der Waals surface area contributed by atoms with Crippen LogP contribution in [0.25, 0.3) is 0 Å². The molecule has 3 rings (SSSR count). The molecule has 0 amide bonds. The number of rotatable bonds is 2. The molecule has 0 aromatic heterocycles. The van der Waals surface area contributed by atoms with Gasteiger partial charge in [-0.15, -0.1) is 0 Å². The minimum absolute atomic E-state index is 0.165. The molecule has 1 nitrogen and oxygen atoms in total. The highest BCUT2D eigenvalue weighted by atomic mass is 16.1. The first-order valence-electron chi connectivity index (χ1n) is 5.68. The molecule has 3 atom stereocenters. The Kier molecular flexibility index (Phi) is 2.09. The molecule has 1 heteroatoms. The summed E-state index contributed by atoms with van der Waals surface area (Å²) < 4.78 is 0. The first kappa shape index (κ1) is 9.95. The Morgan fingerprint density at radius 2 is 2.07 bits per heavy atom. The smallest absolute Gasteiger partial charge is 0.123 e. The van der Waals surface area contributed by atoms with Crippen molar-refractivity contribution in [1.29, 1.82) is 0 Å². The molecule has 0 aromatic rings. The monoisotopic (exact) mass is 192 g/mol. The van der Waals surface area contributed by atoms with E-state index in [1.165, 1.54) is 19.1 Å². The number of aldehydes is 1. The van der Waals surface area contributed by atoms with Crippen molar-refractivity contribution in [2.45, 2.75) is 40.0 Å². The Balaban J connectivity index is 2.36. The molecule has 0 saturated heterocycles. The Morgan fingerprint density at radius 3 is 2.50 bits per heavy atom. The van der Waals surface area contributed by atoms with Crippen LogP contribution in [0, 0.1) is 22.7 Å². The Bertz CT molecular complexity index is 279. The summed E-state index contributed by atoms with van der Waals surface area (Å²) in [6.07, 6.45) is 9.40. The summed E-state index contributed by atoms with van der Waals surface area (Å²) in [5, 5.41) is 0. The van der Waals surface area contributed by atoms with Crippen molar-refractivity contribution in [3.8, 4) is 0 Å². The van der Waals surface area contributed by atoms with Gasteiger partial charge in [0.1, 0.15) is 6.29 Å². The van der Waals surface area contributed by atoms with E-state index >= 15 is 0 Å². The van der Waals surface area contributed by atoms with E-state index in [0.717, 1.165) is 6.42 Å². The van der Waals surface area contributed by atoms with Gasteiger partial charge in [-0.2, -0.15) is 0 Å². The van der Waals surface area contributed by atoms with Crippen LogP contribution in [0.15, 0.2) is 12.2 Å². The van der Waals surface area contributed by atoms with Crippen molar-refractivity contribution >= 4 is 6.29 Å². The normalized spacial score (nSPS) is 45.9. The zero-order chi connectivity index (χ0) is 10.4. The van der Waals surface area contributed by atoms with E-state index in [4.69, 9.17) is 0 Å². The maximum Gasteiger partial charge on any atom is 0.123 e. The van der Waals surface area contributed by atoms with Crippen molar-refractivity contribution in [2.24, 2.45) is 22.7 Å². The van der Waals surface area contributed by atoms with Gasteiger partial charge in [-0.25, -0.2) is 0 Å². The number of carbonyl (C=O) groups excluding carboxylic acids is 1. The van der Waals surface area contributed by atoms with Crippen LogP contribution in [0.2, 0.25) is 0 Å². The largest absolute Gasteiger partial charge is 0.303 e. The zero-order valence-electron chi connectivity index (χ0n) is 9.42. The summed E-state index contributed by atoms with van der Waals surface area (Å²) >= 11 is 0. The van der Waals surface area contributed by atoms with Crippen molar-refractivity contribution in [3.63, 3.8) is 0 Å². The van der Waals surface area contributed by atoms with Gasteiger partial charge in [-0.05, 0) is 36.0 Å². The van der Waals surface area contributed by atoms with Gasteiger partial charge in [0.15, 0.2) is 0 Å². The maximum absolute atomic E-state index is 11.1. The van der Waals surface area contributed by atoms with E-state index in [9.17, 15) is 4.79 Å². The third kappa shape index (κ3) is 1.18. The molecule has 0 aromatic carbocycles.